The first-order valence-electron chi connectivity index (χ1n) is 9.45. The molecular formula is C26H19NO4. The molecule has 0 N–H and O–H groups in total. The van der Waals surface area contributed by atoms with Crippen molar-refractivity contribution < 1.29 is 19.1 Å². The largest absolute Gasteiger partial charge is 0.465 e. The van der Waals surface area contributed by atoms with Crippen molar-refractivity contribution >= 4 is 29.7 Å². The molecule has 0 aliphatic carbocycles. The standard InChI is InChI=1S/C26H19NO4/c1-30-25(28)22(18-27)15-20-11-8-14-23(16-20)31-26(29)24(21-12-6-3-7-13-21)17-19-9-4-2-5-10-19/h2-17H,1H3/b22-15+,24-17+. The van der Waals surface area contributed by atoms with Gasteiger partial charge in [0.05, 0.1) is 12.7 Å². The van der Waals surface area contributed by atoms with Gasteiger partial charge in [-0.25, -0.2) is 9.59 Å². The first kappa shape index (κ1) is 21.3. The van der Waals surface area contributed by atoms with Gasteiger partial charge in [-0.2, -0.15) is 5.26 Å². The van der Waals surface area contributed by atoms with Gasteiger partial charge in [-0.3, -0.25) is 0 Å². The highest BCUT2D eigenvalue weighted by molar-refractivity contribution is 6.22. The van der Waals surface area contributed by atoms with Gasteiger partial charge >= 0.3 is 11.9 Å². The zero-order valence-corrected chi connectivity index (χ0v) is 16.8. The molecule has 0 spiro atoms. The molecule has 152 valence electrons. The first-order chi connectivity index (χ1) is 15.1. The fraction of sp³-hybridized carbons (Fsp3) is 0.0385. The molecule has 31 heavy (non-hydrogen) atoms. The van der Waals surface area contributed by atoms with Crippen molar-refractivity contribution in [1.82, 2.24) is 0 Å². The molecule has 0 amide bonds. The Balaban J connectivity index is 1.91. The fourth-order valence-corrected chi connectivity index (χ4v) is 2.84. The van der Waals surface area contributed by atoms with E-state index < -0.39 is 11.9 Å². The summed E-state index contributed by atoms with van der Waals surface area (Å²) in [7, 11) is 1.20. The molecule has 3 aromatic carbocycles. The van der Waals surface area contributed by atoms with Crippen LogP contribution >= 0.6 is 0 Å². The van der Waals surface area contributed by atoms with E-state index >= 15 is 0 Å². The minimum Gasteiger partial charge on any atom is -0.465 e. The molecule has 0 radical (unpaired) electrons. The number of nitriles is 1. The van der Waals surface area contributed by atoms with Crippen molar-refractivity contribution in [3.8, 4) is 11.8 Å². The molecule has 0 fully saturated rings. The van der Waals surface area contributed by atoms with Gasteiger partial charge in [0, 0.05) is 0 Å². The van der Waals surface area contributed by atoms with E-state index in [1.54, 1.807) is 36.4 Å². The maximum Gasteiger partial charge on any atom is 0.348 e. The number of carbonyl (C=O) groups is 2. The van der Waals surface area contributed by atoms with Crippen molar-refractivity contribution in [3.05, 3.63) is 107 Å². The molecule has 5 heteroatoms. The van der Waals surface area contributed by atoms with E-state index in [0.29, 0.717) is 11.1 Å². The zero-order chi connectivity index (χ0) is 22.1. The van der Waals surface area contributed by atoms with Crippen LogP contribution in [0.3, 0.4) is 0 Å². The van der Waals surface area contributed by atoms with Crippen LogP contribution in [-0.2, 0) is 14.3 Å². The van der Waals surface area contributed by atoms with Gasteiger partial charge in [-0.1, -0.05) is 72.8 Å². The molecule has 0 saturated carbocycles. The molecule has 3 aromatic rings. The van der Waals surface area contributed by atoms with E-state index in [-0.39, 0.29) is 11.3 Å². The van der Waals surface area contributed by atoms with Crippen molar-refractivity contribution in [3.63, 3.8) is 0 Å². The molecule has 0 unspecified atom stereocenters. The van der Waals surface area contributed by atoms with Gasteiger partial charge in [0.1, 0.15) is 17.4 Å². The Kier molecular flexibility index (Phi) is 7.12. The van der Waals surface area contributed by atoms with Crippen LogP contribution in [0, 0.1) is 11.3 Å². The van der Waals surface area contributed by atoms with Gasteiger partial charge in [0.2, 0.25) is 0 Å². The minimum absolute atomic E-state index is 0.153. The van der Waals surface area contributed by atoms with E-state index in [1.807, 2.05) is 60.7 Å². The van der Waals surface area contributed by atoms with Crippen LogP contribution < -0.4 is 4.74 Å². The molecule has 0 saturated heterocycles. The highest BCUT2D eigenvalue weighted by Gasteiger charge is 2.15. The Hall–Kier alpha value is -4.43. The first-order valence-corrected chi connectivity index (χ1v) is 9.45. The summed E-state index contributed by atoms with van der Waals surface area (Å²) in [4.78, 5) is 24.7. The summed E-state index contributed by atoms with van der Waals surface area (Å²) in [5.41, 5.74) is 2.37. The van der Waals surface area contributed by atoms with E-state index in [9.17, 15) is 9.59 Å². The Labute approximate surface area is 180 Å². The maximum absolute atomic E-state index is 13.0. The summed E-state index contributed by atoms with van der Waals surface area (Å²) in [5, 5.41) is 9.13. The summed E-state index contributed by atoms with van der Waals surface area (Å²) in [6.45, 7) is 0. The second-order valence-corrected chi connectivity index (χ2v) is 6.46. The summed E-state index contributed by atoms with van der Waals surface area (Å²) in [6, 6.07) is 27.1. The summed E-state index contributed by atoms with van der Waals surface area (Å²) < 4.78 is 10.2. The molecule has 0 aromatic heterocycles. The highest BCUT2D eigenvalue weighted by atomic mass is 16.5. The monoisotopic (exact) mass is 409 g/mol. The number of hydrogen-bond donors (Lipinski definition) is 0. The van der Waals surface area contributed by atoms with Crippen LogP contribution in [-0.4, -0.2) is 19.0 Å². The number of methoxy groups -OCH3 is 1. The zero-order valence-electron chi connectivity index (χ0n) is 16.8. The molecule has 0 aliphatic rings. The van der Waals surface area contributed by atoms with Crippen LogP contribution in [0.25, 0.3) is 17.7 Å². The Morgan fingerprint density at radius 3 is 2.10 bits per heavy atom. The van der Waals surface area contributed by atoms with Crippen LogP contribution in [0.4, 0.5) is 0 Å². The SMILES string of the molecule is COC(=O)/C(C#N)=C/c1cccc(OC(=O)/C(=C/c2ccccc2)c2ccccc2)c1. The van der Waals surface area contributed by atoms with Gasteiger partial charge in [-0.05, 0) is 41.0 Å². The lowest BCUT2D eigenvalue weighted by molar-refractivity contribution is -0.135. The third-order valence-electron chi connectivity index (χ3n) is 4.32. The topological polar surface area (TPSA) is 76.4 Å². The quantitative estimate of drug-likeness (QED) is 0.190. The number of benzene rings is 3. The molecule has 0 bridgehead atoms. The fourth-order valence-electron chi connectivity index (χ4n) is 2.84. The number of nitrogens with zero attached hydrogens (tertiary/aromatic N) is 1. The number of carbonyl (C=O) groups excluding carboxylic acids is 2. The predicted octanol–water partition coefficient (Wildman–Crippen LogP) is 4.91. The maximum atomic E-state index is 13.0. The van der Waals surface area contributed by atoms with Gasteiger partial charge in [-0.15, -0.1) is 0 Å². The average molecular weight is 409 g/mol. The lowest BCUT2D eigenvalue weighted by Gasteiger charge is -2.09. The molecule has 0 atom stereocenters. The van der Waals surface area contributed by atoms with Crippen LogP contribution in [0.1, 0.15) is 16.7 Å². The van der Waals surface area contributed by atoms with Gasteiger partial charge in [0.15, 0.2) is 0 Å². The van der Waals surface area contributed by atoms with Crippen molar-refractivity contribution in [2.24, 2.45) is 0 Å². The number of rotatable bonds is 6. The van der Waals surface area contributed by atoms with Crippen molar-refractivity contribution in [2.75, 3.05) is 7.11 Å². The molecular weight excluding hydrogens is 390 g/mol. The number of ether oxygens (including phenoxy) is 2. The molecule has 0 aliphatic heterocycles. The Morgan fingerprint density at radius 1 is 0.806 bits per heavy atom. The van der Waals surface area contributed by atoms with Crippen LogP contribution in [0.15, 0.2) is 90.5 Å². The van der Waals surface area contributed by atoms with Crippen LogP contribution in [0.5, 0.6) is 5.75 Å². The second-order valence-electron chi connectivity index (χ2n) is 6.46. The smallest absolute Gasteiger partial charge is 0.348 e. The second kappa shape index (κ2) is 10.4. The number of esters is 2. The van der Waals surface area contributed by atoms with Crippen molar-refractivity contribution in [2.45, 2.75) is 0 Å². The van der Waals surface area contributed by atoms with Gasteiger partial charge < -0.3 is 9.47 Å². The third-order valence-corrected chi connectivity index (χ3v) is 4.32. The van der Waals surface area contributed by atoms with Gasteiger partial charge in [0.25, 0.3) is 0 Å². The minimum atomic E-state index is -0.734. The highest BCUT2D eigenvalue weighted by Crippen LogP contribution is 2.23. The molecule has 0 heterocycles. The van der Waals surface area contributed by atoms with E-state index in [1.165, 1.54) is 13.2 Å². The summed E-state index contributed by atoms with van der Waals surface area (Å²) >= 11 is 0. The van der Waals surface area contributed by atoms with Crippen molar-refractivity contribution in [1.29, 1.82) is 5.26 Å². The number of hydrogen-bond acceptors (Lipinski definition) is 5. The average Bonchev–Trinajstić information content (AvgIpc) is 2.82. The third kappa shape index (κ3) is 5.78. The predicted molar refractivity (Wildman–Crippen MR) is 118 cm³/mol. The Bertz CT molecular complexity index is 1170. The van der Waals surface area contributed by atoms with E-state index in [2.05, 4.69) is 4.74 Å². The summed E-state index contributed by atoms with van der Waals surface area (Å²) in [6.07, 6.45) is 3.15. The van der Waals surface area contributed by atoms with E-state index in [0.717, 1.165) is 11.1 Å². The van der Waals surface area contributed by atoms with Crippen LogP contribution in [0.2, 0.25) is 0 Å². The normalized spacial score (nSPS) is 11.4. The molecule has 5 nitrogen and oxygen atoms in total. The Morgan fingerprint density at radius 2 is 1.45 bits per heavy atom. The summed E-state index contributed by atoms with van der Waals surface area (Å²) in [5.74, 6) is -0.970. The molecule has 3 rings (SSSR count). The van der Waals surface area contributed by atoms with E-state index in [4.69, 9.17) is 10.00 Å². The lowest BCUT2D eigenvalue weighted by Crippen LogP contribution is -2.10. The lowest BCUT2D eigenvalue weighted by atomic mass is 10.0.